The minimum absolute atomic E-state index is 0.0840. The van der Waals surface area contributed by atoms with Gasteiger partial charge in [0.05, 0.1) is 5.75 Å². The lowest BCUT2D eigenvalue weighted by Crippen LogP contribution is -2.15. The van der Waals surface area contributed by atoms with Crippen LogP contribution in [0.4, 0.5) is 5.69 Å². The zero-order valence-electron chi connectivity index (χ0n) is 14.7. The highest BCUT2D eigenvalue weighted by Gasteiger charge is 2.10. The Balaban J connectivity index is 1.49. The molecule has 0 saturated carbocycles. The number of aromatic nitrogens is 3. The van der Waals surface area contributed by atoms with Gasteiger partial charge in [-0.1, -0.05) is 48.2 Å². The first-order valence-corrected chi connectivity index (χ1v) is 9.18. The molecule has 26 heavy (non-hydrogen) atoms. The fourth-order valence-corrected chi connectivity index (χ4v) is 3.01. The molecule has 2 N–H and O–H groups in total. The van der Waals surface area contributed by atoms with Gasteiger partial charge in [0.15, 0.2) is 5.82 Å². The molecular formula is C19H20N4O2S. The van der Waals surface area contributed by atoms with E-state index in [-0.39, 0.29) is 11.7 Å². The van der Waals surface area contributed by atoms with Gasteiger partial charge >= 0.3 is 0 Å². The number of ether oxygens (including phenoxy) is 1. The number of nitrogens with one attached hydrogen (secondary N) is 2. The molecule has 1 aromatic heterocycles. The van der Waals surface area contributed by atoms with Crippen LogP contribution in [0.25, 0.3) is 0 Å². The second-order valence-electron chi connectivity index (χ2n) is 5.77. The molecule has 0 aliphatic rings. The van der Waals surface area contributed by atoms with Gasteiger partial charge in [-0.3, -0.25) is 9.89 Å². The molecule has 0 aliphatic heterocycles. The Morgan fingerprint density at radius 3 is 2.58 bits per heavy atom. The van der Waals surface area contributed by atoms with Gasteiger partial charge in [-0.05, 0) is 37.1 Å². The largest absolute Gasteiger partial charge is 0.486 e. The second-order valence-corrected chi connectivity index (χ2v) is 6.71. The standard InChI is InChI=1S/C19H20N4O2S/c1-13-7-6-8-14(2)18(13)21-17(24)12-26-19-20-16(22-23-19)11-25-15-9-4-3-5-10-15/h3-10H,11-12H2,1-2H3,(H,21,24)(H,20,22,23). The van der Waals surface area contributed by atoms with Crippen molar-refractivity contribution in [1.29, 1.82) is 0 Å². The maximum atomic E-state index is 12.2. The molecule has 0 spiro atoms. The minimum Gasteiger partial charge on any atom is -0.486 e. The molecule has 2 aromatic carbocycles. The van der Waals surface area contributed by atoms with E-state index in [4.69, 9.17) is 4.74 Å². The van der Waals surface area contributed by atoms with Gasteiger partial charge in [0, 0.05) is 5.69 Å². The molecule has 1 amide bonds. The van der Waals surface area contributed by atoms with Gasteiger partial charge in [-0.25, -0.2) is 4.98 Å². The number of aryl methyl sites for hydroxylation is 2. The highest BCUT2D eigenvalue weighted by atomic mass is 32.2. The molecule has 0 saturated heterocycles. The third kappa shape index (κ3) is 4.86. The number of hydrogen-bond donors (Lipinski definition) is 2. The summed E-state index contributed by atoms with van der Waals surface area (Å²) in [7, 11) is 0. The highest BCUT2D eigenvalue weighted by molar-refractivity contribution is 7.99. The van der Waals surface area contributed by atoms with Crippen molar-refractivity contribution in [2.45, 2.75) is 25.6 Å². The fraction of sp³-hybridized carbons (Fsp3) is 0.211. The summed E-state index contributed by atoms with van der Waals surface area (Å²) in [5, 5.41) is 10.4. The third-order valence-corrected chi connectivity index (χ3v) is 4.56. The lowest BCUT2D eigenvalue weighted by Gasteiger charge is -2.10. The fourth-order valence-electron chi connectivity index (χ4n) is 2.39. The molecule has 0 fully saturated rings. The summed E-state index contributed by atoms with van der Waals surface area (Å²) in [5.74, 6) is 1.54. The Hall–Kier alpha value is -2.80. The number of carbonyl (C=O) groups excluding carboxylic acids is 1. The number of nitrogens with zero attached hydrogens (tertiary/aromatic N) is 2. The minimum atomic E-state index is -0.0840. The van der Waals surface area contributed by atoms with Crippen molar-refractivity contribution in [3.63, 3.8) is 0 Å². The first kappa shape index (κ1) is 18.0. The quantitative estimate of drug-likeness (QED) is 0.621. The second kappa shape index (κ2) is 8.53. The third-order valence-electron chi connectivity index (χ3n) is 3.71. The van der Waals surface area contributed by atoms with E-state index in [9.17, 15) is 4.79 Å². The number of thioether (sulfide) groups is 1. The molecule has 1 heterocycles. The Morgan fingerprint density at radius 2 is 1.85 bits per heavy atom. The molecule has 0 aliphatic carbocycles. The summed E-state index contributed by atoms with van der Waals surface area (Å²) in [6.07, 6.45) is 0. The molecule has 0 atom stereocenters. The van der Waals surface area contributed by atoms with E-state index < -0.39 is 0 Å². The Labute approximate surface area is 156 Å². The molecule has 134 valence electrons. The van der Waals surface area contributed by atoms with Crippen molar-refractivity contribution in [3.05, 3.63) is 65.5 Å². The van der Waals surface area contributed by atoms with Crippen LogP contribution in [0.2, 0.25) is 0 Å². The van der Waals surface area contributed by atoms with E-state index in [1.807, 2.05) is 62.4 Å². The summed E-state index contributed by atoms with van der Waals surface area (Å²) in [4.78, 5) is 16.5. The summed E-state index contributed by atoms with van der Waals surface area (Å²) in [6, 6.07) is 15.4. The molecule has 7 heteroatoms. The summed E-state index contributed by atoms with van der Waals surface area (Å²) in [6.45, 7) is 4.25. The number of amides is 1. The number of rotatable bonds is 7. The summed E-state index contributed by atoms with van der Waals surface area (Å²) >= 11 is 1.28. The predicted octanol–water partition coefficient (Wildman–Crippen LogP) is 3.73. The van der Waals surface area contributed by atoms with Crippen molar-refractivity contribution in [3.8, 4) is 5.75 Å². The van der Waals surface area contributed by atoms with E-state index in [2.05, 4.69) is 20.5 Å². The van der Waals surface area contributed by atoms with E-state index in [0.717, 1.165) is 22.6 Å². The SMILES string of the molecule is Cc1cccc(C)c1NC(=O)CSc1n[nH]c(COc2ccccc2)n1. The molecular weight excluding hydrogens is 348 g/mol. The van der Waals surface area contributed by atoms with E-state index in [1.165, 1.54) is 11.8 Å². The molecule has 3 rings (SSSR count). The topological polar surface area (TPSA) is 79.9 Å². The van der Waals surface area contributed by atoms with E-state index in [0.29, 0.717) is 17.6 Å². The van der Waals surface area contributed by atoms with Crippen LogP contribution >= 0.6 is 11.8 Å². The van der Waals surface area contributed by atoms with Gasteiger partial charge < -0.3 is 10.1 Å². The lowest BCUT2D eigenvalue weighted by atomic mass is 10.1. The van der Waals surface area contributed by atoms with Gasteiger partial charge in [0.1, 0.15) is 12.4 Å². The molecule has 6 nitrogen and oxygen atoms in total. The molecule has 0 unspecified atom stereocenters. The number of aromatic amines is 1. The number of para-hydroxylation sites is 2. The van der Waals surface area contributed by atoms with Gasteiger partial charge in [0.2, 0.25) is 11.1 Å². The first-order chi connectivity index (χ1) is 12.6. The zero-order valence-corrected chi connectivity index (χ0v) is 15.5. The van der Waals surface area contributed by atoms with Crippen molar-refractivity contribution in [2.24, 2.45) is 0 Å². The van der Waals surface area contributed by atoms with Gasteiger partial charge in [0.25, 0.3) is 0 Å². The smallest absolute Gasteiger partial charge is 0.234 e. The number of anilines is 1. The van der Waals surface area contributed by atoms with E-state index in [1.54, 1.807) is 0 Å². The van der Waals surface area contributed by atoms with Gasteiger partial charge in [-0.15, -0.1) is 5.10 Å². The molecule has 0 bridgehead atoms. The maximum Gasteiger partial charge on any atom is 0.234 e. The number of hydrogen-bond acceptors (Lipinski definition) is 5. The summed E-state index contributed by atoms with van der Waals surface area (Å²) < 4.78 is 5.61. The average molecular weight is 368 g/mol. The number of H-pyrrole nitrogens is 1. The number of benzene rings is 2. The maximum absolute atomic E-state index is 12.2. The summed E-state index contributed by atoms with van der Waals surface area (Å²) in [5.41, 5.74) is 2.95. The predicted molar refractivity (Wildman–Crippen MR) is 102 cm³/mol. The Morgan fingerprint density at radius 1 is 1.12 bits per heavy atom. The zero-order chi connectivity index (χ0) is 18.4. The molecule has 0 radical (unpaired) electrons. The Bertz CT molecular complexity index is 860. The molecule has 3 aromatic rings. The highest BCUT2D eigenvalue weighted by Crippen LogP contribution is 2.20. The van der Waals surface area contributed by atoms with Crippen LogP contribution in [0.15, 0.2) is 53.7 Å². The van der Waals surface area contributed by atoms with Crippen LogP contribution < -0.4 is 10.1 Å². The van der Waals surface area contributed by atoms with Gasteiger partial charge in [-0.2, -0.15) is 0 Å². The van der Waals surface area contributed by atoms with Crippen LogP contribution in [-0.4, -0.2) is 26.8 Å². The van der Waals surface area contributed by atoms with Crippen molar-refractivity contribution in [2.75, 3.05) is 11.1 Å². The lowest BCUT2D eigenvalue weighted by molar-refractivity contribution is -0.113. The van der Waals surface area contributed by atoms with Crippen molar-refractivity contribution < 1.29 is 9.53 Å². The van der Waals surface area contributed by atoms with Crippen LogP contribution in [0.5, 0.6) is 5.75 Å². The van der Waals surface area contributed by atoms with E-state index >= 15 is 0 Å². The normalized spacial score (nSPS) is 10.5. The first-order valence-electron chi connectivity index (χ1n) is 8.20. The van der Waals surface area contributed by atoms with Crippen LogP contribution in [0.1, 0.15) is 17.0 Å². The van der Waals surface area contributed by atoms with Crippen molar-refractivity contribution in [1.82, 2.24) is 15.2 Å². The monoisotopic (exact) mass is 368 g/mol. The Kier molecular flexibility index (Phi) is 5.91. The van der Waals surface area contributed by atoms with Crippen molar-refractivity contribution >= 4 is 23.4 Å². The van der Waals surface area contributed by atoms with Crippen LogP contribution in [0.3, 0.4) is 0 Å². The average Bonchev–Trinajstić information content (AvgIpc) is 3.10. The number of carbonyl (C=O) groups is 1. The van der Waals surface area contributed by atoms with Crippen LogP contribution in [-0.2, 0) is 11.4 Å². The van der Waals surface area contributed by atoms with Crippen LogP contribution in [0, 0.1) is 13.8 Å².